The third-order valence-electron chi connectivity index (χ3n) is 1.40. The van der Waals surface area contributed by atoms with Crippen molar-refractivity contribution < 1.29 is 0 Å². The molecule has 1 aromatic heterocycles. The van der Waals surface area contributed by atoms with Crippen molar-refractivity contribution >= 4 is 0 Å². The summed E-state index contributed by atoms with van der Waals surface area (Å²) in [5.74, 6) is 0. The maximum absolute atomic E-state index is 8.29. The molecule has 0 atom stereocenters. The molecule has 0 amide bonds. The first-order valence-electron chi connectivity index (χ1n) is 3.96. The standard InChI is InChI=1S/C7H5N.C4H5N/c8-6-7-4-2-1-3-5-7;1-2-4-5-3-1/h1-5H;1-5H. The minimum Gasteiger partial charge on any atom is -0.368 e. The molecule has 0 aliphatic rings. The molecule has 0 bridgehead atoms. The molecule has 2 nitrogen and oxygen atoms in total. The van der Waals surface area contributed by atoms with Crippen molar-refractivity contribution in [3.8, 4) is 6.07 Å². The average molecular weight is 170 g/mol. The van der Waals surface area contributed by atoms with Crippen LogP contribution < -0.4 is 0 Å². The molecule has 0 saturated carbocycles. The molecular formula is C11H10N2. The van der Waals surface area contributed by atoms with Gasteiger partial charge >= 0.3 is 0 Å². The zero-order valence-electron chi connectivity index (χ0n) is 7.14. The number of H-pyrrole nitrogens is 1. The Balaban J connectivity index is 0.000000145. The van der Waals surface area contributed by atoms with Gasteiger partial charge in [-0.05, 0) is 24.3 Å². The van der Waals surface area contributed by atoms with Gasteiger partial charge in [0.15, 0.2) is 0 Å². The third kappa shape index (κ3) is 3.78. The van der Waals surface area contributed by atoms with Gasteiger partial charge in [0.25, 0.3) is 0 Å². The largest absolute Gasteiger partial charge is 0.368 e. The highest BCUT2D eigenvalue weighted by atomic mass is 14.6. The number of nitriles is 1. The van der Waals surface area contributed by atoms with E-state index in [1.54, 1.807) is 12.1 Å². The van der Waals surface area contributed by atoms with Crippen molar-refractivity contribution in [2.75, 3.05) is 0 Å². The van der Waals surface area contributed by atoms with Crippen LogP contribution in [0.1, 0.15) is 5.56 Å². The molecule has 0 saturated heterocycles. The van der Waals surface area contributed by atoms with Crippen LogP contribution in [0.25, 0.3) is 0 Å². The lowest BCUT2D eigenvalue weighted by molar-refractivity contribution is 1.42. The smallest absolute Gasteiger partial charge is 0.0991 e. The Hall–Kier alpha value is -2.01. The molecule has 0 spiro atoms. The van der Waals surface area contributed by atoms with Crippen LogP contribution in [0, 0.1) is 11.3 Å². The first kappa shape index (κ1) is 9.08. The van der Waals surface area contributed by atoms with Crippen LogP contribution in [0.2, 0.25) is 0 Å². The Morgan fingerprint density at radius 2 is 1.54 bits per heavy atom. The van der Waals surface area contributed by atoms with E-state index in [-0.39, 0.29) is 0 Å². The molecule has 1 aromatic carbocycles. The Labute approximate surface area is 77.5 Å². The summed E-state index contributed by atoms with van der Waals surface area (Å²) in [7, 11) is 0. The number of hydrogen-bond acceptors (Lipinski definition) is 1. The van der Waals surface area contributed by atoms with E-state index in [2.05, 4.69) is 4.98 Å². The number of rotatable bonds is 0. The first-order chi connectivity index (χ1) is 6.43. The lowest BCUT2D eigenvalue weighted by atomic mass is 10.2. The summed E-state index contributed by atoms with van der Waals surface area (Å²) >= 11 is 0. The molecule has 64 valence electrons. The van der Waals surface area contributed by atoms with Gasteiger partial charge in [0, 0.05) is 12.4 Å². The van der Waals surface area contributed by atoms with Crippen molar-refractivity contribution in [2.45, 2.75) is 0 Å². The fourth-order valence-corrected chi connectivity index (χ4v) is 0.790. The van der Waals surface area contributed by atoms with Crippen molar-refractivity contribution in [3.63, 3.8) is 0 Å². The van der Waals surface area contributed by atoms with Gasteiger partial charge in [-0.25, -0.2) is 0 Å². The molecule has 0 aliphatic carbocycles. The van der Waals surface area contributed by atoms with E-state index in [0.29, 0.717) is 5.56 Å². The Morgan fingerprint density at radius 3 is 1.85 bits per heavy atom. The molecule has 2 rings (SSSR count). The fraction of sp³-hybridized carbons (Fsp3) is 0. The minimum atomic E-state index is 0.715. The van der Waals surface area contributed by atoms with E-state index in [1.807, 2.05) is 48.8 Å². The molecule has 1 heterocycles. The van der Waals surface area contributed by atoms with Crippen LogP contribution in [0.4, 0.5) is 0 Å². The zero-order chi connectivity index (χ0) is 9.36. The zero-order valence-corrected chi connectivity index (χ0v) is 7.14. The maximum atomic E-state index is 8.29. The number of aromatic amines is 1. The van der Waals surface area contributed by atoms with Gasteiger partial charge in [-0.3, -0.25) is 0 Å². The number of benzene rings is 1. The lowest BCUT2D eigenvalue weighted by Gasteiger charge is -1.80. The van der Waals surface area contributed by atoms with Crippen molar-refractivity contribution in [1.82, 2.24) is 4.98 Å². The van der Waals surface area contributed by atoms with E-state index in [4.69, 9.17) is 5.26 Å². The van der Waals surface area contributed by atoms with Gasteiger partial charge in [0.05, 0.1) is 11.6 Å². The van der Waals surface area contributed by atoms with Gasteiger partial charge < -0.3 is 4.98 Å². The molecule has 1 N–H and O–H groups in total. The quantitative estimate of drug-likeness (QED) is 0.648. The van der Waals surface area contributed by atoms with E-state index in [9.17, 15) is 0 Å². The number of hydrogen-bond donors (Lipinski definition) is 1. The Kier molecular flexibility index (Phi) is 3.92. The van der Waals surface area contributed by atoms with Crippen molar-refractivity contribution in [1.29, 1.82) is 5.26 Å². The molecule has 0 unspecified atom stereocenters. The molecule has 0 aliphatic heterocycles. The minimum absolute atomic E-state index is 0.715. The van der Waals surface area contributed by atoms with Crippen LogP contribution >= 0.6 is 0 Å². The molecule has 0 fully saturated rings. The van der Waals surface area contributed by atoms with Gasteiger partial charge in [-0.1, -0.05) is 18.2 Å². The molecule has 0 radical (unpaired) electrons. The fourth-order valence-electron chi connectivity index (χ4n) is 0.790. The van der Waals surface area contributed by atoms with Crippen molar-refractivity contribution in [2.24, 2.45) is 0 Å². The van der Waals surface area contributed by atoms with E-state index in [1.165, 1.54) is 0 Å². The van der Waals surface area contributed by atoms with Gasteiger partial charge in [-0.15, -0.1) is 0 Å². The lowest BCUT2D eigenvalue weighted by Crippen LogP contribution is -1.66. The Morgan fingerprint density at radius 1 is 0.923 bits per heavy atom. The van der Waals surface area contributed by atoms with Crippen LogP contribution in [-0.4, -0.2) is 4.98 Å². The van der Waals surface area contributed by atoms with E-state index in [0.717, 1.165) is 0 Å². The van der Waals surface area contributed by atoms with Crippen LogP contribution in [-0.2, 0) is 0 Å². The highest BCUT2D eigenvalue weighted by Gasteiger charge is 1.79. The summed E-state index contributed by atoms with van der Waals surface area (Å²) in [6.45, 7) is 0. The van der Waals surface area contributed by atoms with Gasteiger partial charge in [-0.2, -0.15) is 5.26 Å². The number of aromatic nitrogens is 1. The highest BCUT2D eigenvalue weighted by Crippen LogP contribution is 1.93. The SMILES string of the molecule is N#Cc1ccccc1.c1cc[nH]c1. The predicted octanol–water partition coefficient (Wildman–Crippen LogP) is 2.57. The van der Waals surface area contributed by atoms with E-state index >= 15 is 0 Å². The second-order valence-corrected chi connectivity index (χ2v) is 2.36. The van der Waals surface area contributed by atoms with Crippen LogP contribution in [0.5, 0.6) is 0 Å². The summed E-state index contributed by atoms with van der Waals surface area (Å²) in [4.78, 5) is 2.86. The monoisotopic (exact) mass is 170 g/mol. The summed E-state index contributed by atoms with van der Waals surface area (Å²) in [6.07, 6.45) is 3.75. The Bertz CT molecular complexity index is 326. The normalized spacial score (nSPS) is 7.92. The van der Waals surface area contributed by atoms with Gasteiger partial charge in [0.2, 0.25) is 0 Å². The second-order valence-electron chi connectivity index (χ2n) is 2.36. The van der Waals surface area contributed by atoms with Crippen LogP contribution in [0.3, 0.4) is 0 Å². The predicted molar refractivity (Wildman–Crippen MR) is 51.9 cm³/mol. The molecule has 13 heavy (non-hydrogen) atoms. The summed E-state index contributed by atoms with van der Waals surface area (Å²) < 4.78 is 0. The summed E-state index contributed by atoms with van der Waals surface area (Å²) in [5.41, 5.74) is 0.715. The van der Waals surface area contributed by atoms with E-state index < -0.39 is 0 Å². The maximum Gasteiger partial charge on any atom is 0.0991 e. The van der Waals surface area contributed by atoms with Gasteiger partial charge in [0.1, 0.15) is 0 Å². The second kappa shape index (κ2) is 5.62. The molecule has 2 heteroatoms. The molecular weight excluding hydrogens is 160 g/mol. The third-order valence-corrected chi connectivity index (χ3v) is 1.40. The highest BCUT2D eigenvalue weighted by molar-refractivity contribution is 5.27. The summed E-state index contributed by atoms with van der Waals surface area (Å²) in [5, 5.41) is 8.29. The number of nitrogens with one attached hydrogen (secondary N) is 1. The first-order valence-corrected chi connectivity index (χ1v) is 3.96. The van der Waals surface area contributed by atoms with Crippen LogP contribution in [0.15, 0.2) is 54.9 Å². The average Bonchev–Trinajstić information content (AvgIpc) is 2.77. The summed E-state index contributed by atoms with van der Waals surface area (Å²) in [6, 6.07) is 15.1. The number of nitrogens with zero attached hydrogens (tertiary/aromatic N) is 1. The van der Waals surface area contributed by atoms with Crippen molar-refractivity contribution in [3.05, 3.63) is 60.4 Å². The molecule has 2 aromatic rings. The topological polar surface area (TPSA) is 39.6 Å².